The van der Waals surface area contributed by atoms with Crippen molar-refractivity contribution in [3.63, 3.8) is 0 Å². The van der Waals surface area contributed by atoms with Gasteiger partial charge in [-0.05, 0) is 46.5 Å². The molecule has 0 N–H and O–H groups in total. The molecule has 53 heavy (non-hydrogen) atoms. The van der Waals surface area contributed by atoms with E-state index in [1.807, 2.05) is 18.2 Å². The zero-order valence-electron chi connectivity index (χ0n) is 28.2. The number of nitrogens with zero attached hydrogens (tertiary/aromatic N) is 4. The smallest absolute Gasteiger partial charge is 0.236 e. The number of fused-ring (bicyclic) bond motifs is 16. The quantitative estimate of drug-likeness (QED) is 0.183. The lowest BCUT2D eigenvalue weighted by atomic mass is 10.0. The van der Waals surface area contributed by atoms with Crippen molar-refractivity contribution in [2.75, 3.05) is 0 Å². The Hall–Kier alpha value is -7.24. The van der Waals surface area contributed by atoms with Crippen molar-refractivity contribution in [3.05, 3.63) is 158 Å². The second kappa shape index (κ2) is 9.75. The van der Waals surface area contributed by atoms with E-state index in [1.165, 1.54) is 54.3 Å². The highest BCUT2D eigenvalue weighted by atomic mass is 16.3. The molecule has 5 nitrogen and oxygen atoms in total. The van der Waals surface area contributed by atoms with Crippen LogP contribution in [0.1, 0.15) is 0 Å². The molecule has 0 bridgehead atoms. The van der Waals surface area contributed by atoms with E-state index in [1.54, 1.807) is 0 Å². The van der Waals surface area contributed by atoms with Crippen LogP contribution < -0.4 is 0 Å². The Bertz CT molecular complexity index is 3690. The normalized spacial score (nSPS) is 12.5. The summed E-state index contributed by atoms with van der Waals surface area (Å²) in [5, 5.41) is 13.0. The summed E-state index contributed by atoms with van der Waals surface area (Å²) >= 11 is 0. The number of furan rings is 1. The Labute approximate surface area is 300 Å². The fraction of sp³-hybridized carbons (Fsp3) is 0. The maximum absolute atomic E-state index is 6.62. The number of rotatable bonds is 2. The van der Waals surface area contributed by atoms with Crippen molar-refractivity contribution in [1.29, 1.82) is 0 Å². The number of para-hydroxylation sites is 3. The molecule has 0 fully saturated rings. The van der Waals surface area contributed by atoms with Gasteiger partial charge in [-0.2, -0.15) is 0 Å². The van der Waals surface area contributed by atoms with E-state index in [2.05, 4.69) is 148 Å². The molecular weight excluding hydrogens is 649 g/mol. The van der Waals surface area contributed by atoms with Gasteiger partial charge in [-0.1, -0.05) is 127 Å². The Balaban J connectivity index is 1.25. The van der Waals surface area contributed by atoms with Gasteiger partial charge in [-0.15, -0.1) is 0 Å². The number of benzene rings is 8. The van der Waals surface area contributed by atoms with E-state index >= 15 is 0 Å². The second-order valence-electron chi connectivity index (χ2n) is 14.1. The monoisotopic (exact) mass is 674 g/mol. The van der Waals surface area contributed by atoms with E-state index in [-0.39, 0.29) is 0 Å². The van der Waals surface area contributed by atoms with Gasteiger partial charge in [0.25, 0.3) is 0 Å². The first kappa shape index (κ1) is 27.5. The maximum Gasteiger partial charge on any atom is 0.236 e. The maximum atomic E-state index is 6.62. The van der Waals surface area contributed by atoms with Gasteiger partial charge in [-0.25, -0.2) is 9.97 Å². The summed E-state index contributed by atoms with van der Waals surface area (Å²) in [7, 11) is 0. The van der Waals surface area contributed by atoms with Gasteiger partial charge >= 0.3 is 0 Å². The third kappa shape index (κ3) is 3.42. The predicted octanol–water partition coefficient (Wildman–Crippen LogP) is 12.6. The highest BCUT2D eigenvalue weighted by molar-refractivity contribution is 6.34. The molecule has 0 amide bonds. The zero-order chi connectivity index (χ0) is 34.4. The summed E-state index contributed by atoms with van der Waals surface area (Å²) in [6.45, 7) is 0. The first-order valence-electron chi connectivity index (χ1n) is 18.0. The second-order valence-corrected chi connectivity index (χ2v) is 14.1. The zero-order valence-corrected chi connectivity index (χ0v) is 28.2. The van der Waals surface area contributed by atoms with Crippen LogP contribution in [0.3, 0.4) is 0 Å². The highest BCUT2D eigenvalue weighted by Gasteiger charge is 2.26. The van der Waals surface area contributed by atoms with Crippen LogP contribution in [0.25, 0.3) is 121 Å². The molecule has 5 heterocycles. The molecule has 0 aliphatic carbocycles. The van der Waals surface area contributed by atoms with Crippen LogP contribution in [-0.4, -0.2) is 18.9 Å². The van der Waals surface area contributed by atoms with Crippen molar-refractivity contribution in [3.8, 4) is 17.2 Å². The van der Waals surface area contributed by atoms with Gasteiger partial charge in [0.2, 0.25) is 5.95 Å². The van der Waals surface area contributed by atoms with E-state index < -0.39 is 0 Å². The summed E-state index contributed by atoms with van der Waals surface area (Å²) in [6.07, 6.45) is 0. The molecule has 0 aliphatic rings. The molecular formula is C48H26N4O. The van der Waals surface area contributed by atoms with Crippen molar-refractivity contribution in [1.82, 2.24) is 18.9 Å². The van der Waals surface area contributed by atoms with Gasteiger partial charge in [-0.3, -0.25) is 4.57 Å². The predicted molar refractivity (Wildman–Crippen MR) is 219 cm³/mol. The summed E-state index contributed by atoms with van der Waals surface area (Å²) < 4.78 is 11.4. The fourth-order valence-corrected chi connectivity index (χ4v) is 9.29. The van der Waals surface area contributed by atoms with Crippen LogP contribution in [-0.2, 0) is 0 Å². The largest absolute Gasteiger partial charge is 0.452 e. The molecule has 13 aromatic rings. The molecule has 0 aliphatic heterocycles. The van der Waals surface area contributed by atoms with Crippen LogP contribution >= 0.6 is 0 Å². The number of hydrogen-bond donors (Lipinski definition) is 0. The lowest BCUT2D eigenvalue weighted by Gasteiger charge is -2.12. The summed E-state index contributed by atoms with van der Waals surface area (Å²) in [5.74, 6) is 0.615. The van der Waals surface area contributed by atoms with Crippen LogP contribution in [0.15, 0.2) is 162 Å². The van der Waals surface area contributed by atoms with E-state index in [4.69, 9.17) is 14.4 Å². The molecule has 5 aromatic heterocycles. The fourth-order valence-electron chi connectivity index (χ4n) is 9.29. The molecule has 8 aromatic carbocycles. The average molecular weight is 675 g/mol. The highest BCUT2D eigenvalue weighted by Crippen LogP contribution is 2.46. The van der Waals surface area contributed by atoms with Gasteiger partial charge < -0.3 is 8.82 Å². The van der Waals surface area contributed by atoms with Crippen LogP contribution in [0, 0.1) is 0 Å². The van der Waals surface area contributed by atoms with E-state index in [0.29, 0.717) is 11.5 Å². The van der Waals surface area contributed by atoms with Crippen molar-refractivity contribution in [2.45, 2.75) is 0 Å². The molecule has 0 spiro atoms. The van der Waals surface area contributed by atoms with E-state index in [9.17, 15) is 0 Å². The van der Waals surface area contributed by atoms with Crippen molar-refractivity contribution < 1.29 is 4.42 Å². The van der Waals surface area contributed by atoms with Crippen LogP contribution in [0.2, 0.25) is 0 Å². The van der Waals surface area contributed by atoms with E-state index in [0.717, 1.165) is 54.9 Å². The molecule has 244 valence electrons. The molecule has 0 saturated carbocycles. The standard InChI is InChI=1S/C48H26N4O/c1-3-14-29-27(11-1)13-9-18-32(29)43-47-44(34-17-6-8-22-40(34)53-47)50-48(49-43)52-39-26-25-38-41(42(39)36-24-23-28-12-2-4-15-30(28)45(36)52)35-20-10-19-33-31-16-5-7-21-37(31)51(38)46(33)35/h1-26H. The number of aromatic nitrogens is 4. The van der Waals surface area contributed by atoms with Crippen LogP contribution in [0.5, 0.6) is 0 Å². The third-order valence-electron chi connectivity index (χ3n) is 11.5. The van der Waals surface area contributed by atoms with Crippen molar-refractivity contribution in [2.24, 2.45) is 0 Å². The first-order valence-corrected chi connectivity index (χ1v) is 18.0. The van der Waals surface area contributed by atoms with Gasteiger partial charge in [0.05, 0.1) is 27.6 Å². The topological polar surface area (TPSA) is 48.3 Å². The summed E-state index contributed by atoms with van der Waals surface area (Å²) in [6, 6.07) is 56.3. The van der Waals surface area contributed by atoms with Gasteiger partial charge in [0.1, 0.15) is 16.8 Å². The Kier molecular flexibility index (Phi) is 5.06. The summed E-state index contributed by atoms with van der Waals surface area (Å²) in [5.41, 5.74) is 9.93. The summed E-state index contributed by atoms with van der Waals surface area (Å²) in [4.78, 5) is 11.0. The molecule has 0 saturated heterocycles. The molecule has 0 radical (unpaired) electrons. The first-order chi connectivity index (χ1) is 26.3. The molecule has 5 heteroatoms. The molecule has 13 rings (SSSR count). The number of hydrogen-bond acceptors (Lipinski definition) is 3. The lowest BCUT2D eigenvalue weighted by Crippen LogP contribution is -2.03. The minimum Gasteiger partial charge on any atom is -0.452 e. The average Bonchev–Trinajstić information content (AvgIpc) is 3.96. The third-order valence-corrected chi connectivity index (χ3v) is 11.5. The minimum absolute atomic E-state index is 0.615. The Morgan fingerprint density at radius 3 is 1.96 bits per heavy atom. The molecule has 0 unspecified atom stereocenters. The Morgan fingerprint density at radius 2 is 1.06 bits per heavy atom. The lowest BCUT2D eigenvalue weighted by molar-refractivity contribution is 0.666. The van der Waals surface area contributed by atoms with Gasteiger partial charge in [0.15, 0.2) is 5.58 Å². The Morgan fingerprint density at radius 1 is 0.415 bits per heavy atom. The van der Waals surface area contributed by atoms with Gasteiger partial charge in [0, 0.05) is 48.7 Å². The van der Waals surface area contributed by atoms with Crippen molar-refractivity contribution >= 4 is 104 Å². The SMILES string of the molecule is c1ccc2c(-c3nc(-n4c5ccc6c(c7cccc8c9ccccc9n6c87)c5c5ccc6ccccc6c54)nc4c3oc3ccccc34)cccc2c1. The molecule has 0 atom stereocenters. The van der Waals surface area contributed by atoms with Crippen LogP contribution in [0.4, 0.5) is 0 Å². The minimum atomic E-state index is 0.615.